The van der Waals surface area contributed by atoms with Crippen LogP contribution < -0.4 is 0 Å². The third kappa shape index (κ3) is 2.75. The zero-order valence-corrected chi connectivity index (χ0v) is 9.84. The topological polar surface area (TPSA) is 26.3 Å². The van der Waals surface area contributed by atoms with E-state index in [4.69, 9.17) is 4.74 Å². The number of halogens is 1. The minimum absolute atomic E-state index is 0.107. The van der Waals surface area contributed by atoms with Crippen LogP contribution in [0.15, 0.2) is 0 Å². The van der Waals surface area contributed by atoms with Crippen LogP contribution in [0.2, 0.25) is 0 Å². The quantitative estimate of drug-likeness (QED) is 0.731. The van der Waals surface area contributed by atoms with Gasteiger partial charge in [-0.05, 0) is 0 Å². The van der Waals surface area contributed by atoms with Crippen LogP contribution >= 0.6 is 0 Å². The molecule has 1 radical (unpaired) electrons. The molecule has 1 aliphatic heterocycles. The van der Waals surface area contributed by atoms with Crippen molar-refractivity contribution in [2.45, 2.75) is 29.8 Å². The van der Waals surface area contributed by atoms with E-state index in [2.05, 4.69) is 0 Å². The van der Waals surface area contributed by atoms with Crippen molar-refractivity contribution in [3.63, 3.8) is 0 Å². The summed E-state index contributed by atoms with van der Waals surface area (Å²) in [5.41, 5.74) is 0. The molecule has 0 bridgehead atoms. The number of ether oxygens (including phenoxy) is 1. The van der Waals surface area contributed by atoms with Gasteiger partial charge in [0.1, 0.15) is 0 Å². The summed E-state index contributed by atoms with van der Waals surface area (Å²) in [5.74, 6) is 0. The van der Waals surface area contributed by atoms with Crippen molar-refractivity contribution < 1.29 is 13.9 Å². The van der Waals surface area contributed by atoms with Crippen LogP contribution in [0, 0.1) is 0 Å². The molecule has 11 heavy (non-hydrogen) atoms. The average molecular weight is 261 g/mol. The van der Waals surface area contributed by atoms with E-state index < -0.39 is 29.1 Å². The monoisotopic (exact) mass is 261 g/mol. The predicted molar refractivity (Wildman–Crippen MR) is 40.3 cm³/mol. The molecule has 0 aromatic heterocycles. The zero-order chi connectivity index (χ0) is 8.27. The van der Waals surface area contributed by atoms with Gasteiger partial charge in [-0.2, -0.15) is 0 Å². The second-order valence-corrected chi connectivity index (χ2v) is 7.31. The van der Waals surface area contributed by atoms with Gasteiger partial charge >= 0.3 is 76.8 Å². The van der Waals surface area contributed by atoms with Gasteiger partial charge in [0.15, 0.2) is 0 Å². The Kier molecular flexibility index (Phi) is 3.85. The maximum atomic E-state index is 12.6. The second kappa shape index (κ2) is 4.45. The fourth-order valence-electron chi connectivity index (χ4n) is 1.17. The Hall–Kier alpha value is 0.430. The molecule has 2 atom stereocenters. The number of alkyl halides is 1. The van der Waals surface area contributed by atoms with Crippen LogP contribution in [0.1, 0.15) is 19.8 Å². The molecule has 1 heterocycles. The van der Waals surface area contributed by atoms with Crippen LogP contribution in [0.4, 0.5) is 4.39 Å². The van der Waals surface area contributed by atoms with Crippen LogP contribution in [0.3, 0.4) is 0 Å². The Bertz CT molecular complexity index is 151. The Morgan fingerprint density at radius 3 is 3.00 bits per heavy atom. The van der Waals surface area contributed by atoms with Crippen molar-refractivity contribution in [1.82, 2.24) is 0 Å². The van der Waals surface area contributed by atoms with Crippen molar-refractivity contribution in [2.75, 3.05) is 6.61 Å². The molecule has 61 valence electrons. The molecule has 4 heteroatoms. The van der Waals surface area contributed by atoms with Crippen LogP contribution in [-0.2, 0) is 9.53 Å². The molecule has 1 aliphatic rings. The van der Waals surface area contributed by atoms with E-state index in [1.165, 1.54) is 0 Å². The number of carbonyl (C=O) groups excluding carboxylic acids is 1. The molecule has 1 saturated heterocycles. The molecule has 0 amide bonds. The van der Waals surface area contributed by atoms with Gasteiger partial charge in [0.2, 0.25) is 0 Å². The van der Waals surface area contributed by atoms with Gasteiger partial charge in [-0.15, -0.1) is 0 Å². The Morgan fingerprint density at radius 1 is 1.73 bits per heavy atom. The van der Waals surface area contributed by atoms with Crippen LogP contribution in [-0.4, -0.2) is 43.1 Å². The summed E-state index contributed by atoms with van der Waals surface area (Å²) in [6.45, 7) is 2.56. The molecule has 0 N–H and O–H groups in total. The van der Waals surface area contributed by atoms with Gasteiger partial charge < -0.3 is 0 Å². The Labute approximate surface area is 76.8 Å². The molecule has 1 rings (SSSR count). The third-order valence-electron chi connectivity index (χ3n) is 1.74. The average Bonchev–Trinajstić information content (AvgIpc) is 1.98. The molecule has 2 unspecified atom stereocenters. The van der Waals surface area contributed by atoms with E-state index in [1.54, 1.807) is 0 Å². The minimum atomic E-state index is -1.39. The molecular weight excluding hydrogens is 250 g/mol. The summed E-state index contributed by atoms with van der Waals surface area (Å²) >= 11 is -1.39. The summed E-state index contributed by atoms with van der Waals surface area (Å²) < 4.78 is 18.0. The predicted octanol–water partition coefficient (Wildman–Crippen LogP) is 0.712. The summed E-state index contributed by atoms with van der Waals surface area (Å²) in [6.07, 6.45) is 0.00459. The summed E-state index contributed by atoms with van der Waals surface area (Å²) in [7, 11) is 0. The standard InChI is InChI=1S/C7H11FO2.In/c1-2-10-5-3-4-7(8)6-9;/h5,7H,2-4H2,1H3;. The van der Waals surface area contributed by atoms with Gasteiger partial charge in [0.25, 0.3) is 0 Å². The summed E-state index contributed by atoms with van der Waals surface area (Å²) in [4.78, 5) is 10.9. The third-order valence-corrected chi connectivity index (χ3v) is 6.28. The molecule has 0 aromatic carbocycles. The van der Waals surface area contributed by atoms with Crippen molar-refractivity contribution in [1.29, 1.82) is 0 Å². The normalized spacial score (nSPS) is 31.6. The van der Waals surface area contributed by atoms with Gasteiger partial charge in [-0.25, -0.2) is 0 Å². The maximum absolute atomic E-state index is 12.6. The number of hydrogen-bond acceptors (Lipinski definition) is 2. The van der Waals surface area contributed by atoms with Crippen molar-refractivity contribution >= 4 is 26.4 Å². The fraction of sp³-hybridized carbons (Fsp3) is 0.857. The Balaban J connectivity index is 2.34. The molecule has 0 saturated carbocycles. The van der Waals surface area contributed by atoms with Gasteiger partial charge in [0.05, 0.1) is 0 Å². The first kappa shape index (κ1) is 9.52. The molecular formula is C7H11FInO2. The summed E-state index contributed by atoms with van der Waals surface area (Å²) in [6, 6.07) is 0. The summed E-state index contributed by atoms with van der Waals surface area (Å²) in [5, 5.41) is 0. The van der Waals surface area contributed by atoms with Gasteiger partial charge in [-0.1, -0.05) is 0 Å². The van der Waals surface area contributed by atoms with Gasteiger partial charge in [-0.3, -0.25) is 0 Å². The number of carbonyl (C=O) groups is 1. The van der Waals surface area contributed by atoms with Crippen molar-refractivity contribution in [2.24, 2.45) is 0 Å². The Morgan fingerprint density at radius 2 is 2.45 bits per heavy atom. The first-order valence-corrected chi connectivity index (χ1v) is 7.43. The van der Waals surface area contributed by atoms with E-state index in [0.717, 1.165) is 6.42 Å². The molecule has 0 aliphatic carbocycles. The fourth-order valence-corrected chi connectivity index (χ4v) is 5.14. The van der Waals surface area contributed by atoms with E-state index >= 15 is 0 Å². The number of rotatable bonds is 2. The molecule has 1 fully saturated rings. The van der Waals surface area contributed by atoms with E-state index in [1.807, 2.05) is 6.92 Å². The zero-order valence-electron chi connectivity index (χ0n) is 6.55. The van der Waals surface area contributed by atoms with Gasteiger partial charge in [0, 0.05) is 0 Å². The first-order chi connectivity index (χ1) is 5.24. The van der Waals surface area contributed by atoms with Crippen molar-refractivity contribution in [3.05, 3.63) is 0 Å². The second-order valence-electron chi connectivity index (χ2n) is 2.61. The van der Waals surface area contributed by atoms with Crippen molar-refractivity contribution in [3.8, 4) is 0 Å². The number of hydrogen-bond donors (Lipinski definition) is 0. The van der Waals surface area contributed by atoms with E-state index in [9.17, 15) is 9.18 Å². The molecule has 0 spiro atoms. The molecule has 2 nitrogen and oxygen atoms in total. The first-order valence-electron chi connectivity index (χ1n) is 3.88. The van der Waals surface area contributed by atoms with E-state index in [0.29, 0.717) is 13.0 Å². The van der Waals surface area contributed by atoms with Crippen LogP contribution in [0.5, 0.6) is 0 Å². The van der Waals surface area contributed by atoms with E-state index in [-0.39, 0.29) is 7.40 Å². The van der Waals surface area contributed by atoms with Crippen LogP contribution in [0.25, 0.3) is 0 Å². The molecule has 0 aromatic rings. The SMILES string of the molecule is CCO[CH]1CCC(F)[C](=O)[In]1.